The van der Waals surface area contributed by atoms with E-state index in [2.05, 4.69) is 11.9 Å². The number of para-hydroxylation sites is 1. The standard InChI is InChI=1S/C16H18N2O2/c1-4-11-13(8-6-9-14(11)19-2)18-16-12(17)7-5-10-15(16)20-3/h4-10,18H,1,17H2,2-3H3. The molecule has 4 heteroatoms. The van der Waals surface area contributed by atoms with Gasteiger partial charge in [0.25, 0.3) is 0 Å². The molecule has 0 spiro atoms. The average molecular weight is 270 g/mol. The molecular weight excluding hydrogens is 252 g/mol. The molecule has 2 rings (SSSR count). The first-order chi connectivity index (χ1) is 9.71. The Hall–Kier alpha value is -2.62. The number of nitrogens with one attached hydrogen (secondary N) is 1. The third kappa shape index (κ3) is 2.54. The fourth-order valence-electron chi connectivity index (χ4n) is 2.03. The summed E-state index contributed by atoms with van der Waals surface area (Å²) in [5.74, 6) is 1.43. The van der Waals surface area contributed by atoms with Crippen LogP contribution in [0.4, 0.5) is 17.1 Å². The molecule has 2 aromatic carbocycles. The molecule has 0 saturated heterocycles. The normalized spacial score (nSPS) is 9.90. The summed E-state index contributed by atoms with van der Waals surface area (Å²) in [6, 6.07) is 11.2. The maximum absolute atomic E-state index is 6.01. The van der Waals surface area contributed by atoms with E-state index in [1.807, 2.05) is 36.4 Å². The van der Waals surface area contributed by atoms with Crippen LogP contribution in [0, 0.1) is 0 Å². The lowest BCUT2D eigenvalue weighted by Gasteiger charge is -2.16. The van der Waals surface area contributed by atoms with Gasteiger partial charge in [0.2, 0.25) is 0 Å². The van der Waals surface area contributed by atoms with Gasteiger partial charge in [0, 0.05) is 11.3 Å². The van der Waals surface area contributed by atoms with Gasteiger partial charge in [-0.3, -0.25) is 0 Å². The van der Waals surface area contributed by atoms with E-state index in [-0.39, 0.29) is 0 Å². The summed E-state index contributed by atoms with van der Waals surface area (Å²) >= 11 is 0. The van der Waals surface area contributed by atoms with Crippen molar-refractivity contribution in [2.75, 3.05) is 25.3 Å². The zero-order valence-corrected chi connectivity index (χ0v) is 11.6. The number of hydrogen-bond acceptors (Lipinski definition) is 4. The Labute approximate surface area is 118 Å². The number of nitrogens with two attached hydrogens (primary N) is 1. The maximum atomic E-state index is 6.01. The molecule has 104 valence electrons. The average Bonchev–Trinajstić information content (AvgIpc) is 2.48. The van der Waals surface area contributed by atoms with E-state index in [1.54, 1.807) is 20.3 Å². The molecule has 0 heterocycles. The predicted octanol–water partition coefficient (Wildman–Crippen LogP) is 3.67. The molecule has 0 aliphatic heterocycles. The summed E-state index contributed by atoms with van der Waals surface area (Å²) in [6.07, 6.45) is 1.74. The highest BCUT2D eigenvalue weighted by Crippen LogP contribution is 2.36. The van der Waals surface area contributed by atoms with Crippen LogP contribution in [-0.2, 0) is 0 Å². The number of nitrogen functional groups attached to an aromatic ring is 1. The topological polar surface area (TPSA) is 56.5 Å². The van der Waals surface area contributed by atoms with Gasteiger partial charge in [0.05, 0.1) is 19.9 Å². The second-order valence-corrected chi connectivity index (χ2v) is 4.18. The minimum absolute atomic E-state index is 0.613. The molecule has 0 saturated carbocycles. The molecular formula is C16H18N2O2. The van der Waals surface area contributed by atoms with Crippen molar-refractivity contribution < 1.29 is 9.47 Å². The van der Waals surface area contributed by atoms with Crippen molar-refractivity contribution in [3.8, 4) is 11.5 Å². The third-order valence-electron chi connectivity index (χ3n) is 3.03. The molecule has 0 amide bonds. The number of hydrogen-bond donors (Lipinski definition) is 2. The van der Waals surface area contributed by atoms with Gasteiger partial charge in [-0.15, -0.1) is 0 Å². The smallest absolute Gasteiger partial charge is 0.144 e. The van der Waals surface area contributed by atoms with Crippen molar-refractivity contribution in [3.05, 3.63) is 48.5 Å². The van der Waals surface area contributed by atoms with Crippen molar-refractivity contribution >= 4 is 23.1 Å². The molecule has 0 bridgehead atoms. The lowest BCUT2D eigenvalue weighted by atomic mass is 10.1. The molecule has 0 aliphatic rings. The quantitative estimate of drug-likeness (QED) is 0.814. The highest BCUT2D eigenvalue weighted by Gasteiger charge is 2.11. The Morgan fingerprint density at radius 2 is 1.70 bits per heavy atom. The van der Waals surface area contributed by atoms with E-state index in [9.17, 15) is 0 Å². The molecule has 3 N–H and O–H groups in total. The molecule has 0 radical (unpaired) electrons. The highest BCUT2D eigenvalue weighted by molar-refractivity contribution is 5.83. The van der Waals surface area contributed by atoms with Crippen LogP contribution in [0.3, 0.4) is 0 Å². The largest absolute Gasteiger partial charge is 0.496 e. The van der Waals surface area contributed by atoms with Crippen molar-refractivity contribution in [3.63, 3.8) is 0 Å². The number of rotatable bonds is 5. The van der Waals surface area contributed by atoms with Gasteiger partial charge in [-0.1, -0.05) is 24.8 Å². The first kappa shape index (κ1) is 13.8. The fourth-order valence-corrected chi connectivity index (χ4v) is 2.03. The minimum atomic E-state index is 0.613. The summed E-state index contributed by atoms with van der Waals surface area (Å²) in [4.78, 5) is 0. The van der Waals surface area contributed by atoms with Crippen LogP contribution in [-0.4, -0.2) is 14.2 Å². The second kappa shape index (κ2) is 6.02. The van der Waals surface area contributed by atoms with E-state index in [0.29, 0.717) is 11.4 Å². The number of anilines is 3. The summed E-state index contributed by atoms with van der Waals surface area (Å²) in [5, 5.41) is 3.28. The Morgan fingerprint density at radius 3 is 2.35 bits per heavy atom. The van der Waals surface area contributed by atoms with Gasteiger partial charge in [-0.25, -0.2) is 0 Å². The number of ether oxygens (including phenoxy) is 2. The summed E-state index contributed by atoms with van der Waals surface area (Å²) in [5.41, 5.74) is 9.08. The van der Waals surface area contributed by atoms with Crippen molar-refractivity contribution in [2.45, 2.75) is 0 Å². The zero-order chi connectivity index (χ0) is 14.5. The summed E-state index contributed by atoms with van der Waals surface area (Å²) in [6.45, 7) is 3.82. The second-order valence-electron chi connectivity index (χ2n) is 4.18. The van der Waals surface area contributed by atoms with E-state index in [4.69, 9.17) is 15.2 Å². The van der Waals surface area contributed by atoms with Crippen molar-refractivity contribution in [2.24, 2.45) is 0 Å². The van der Waals surface area contributed by atoms with Gasteiger partial charge in [0.1, 0.15) is 17.2 Å². The van der Waals surface area contributed by atoms with Crippen LogP contribution in [0.25, 0.3) is 6.08 Å². The number of benzene rings is 2. The Balaban J connectivity index is 2.48. The van der Waals surface area contributed by atoms with Crippen LogP contribution >= 0.6 is 0 Å². The minimum Gasteiger partial charge on any atom is -0.496 e. The molecule has 0 aliphatic carbocycles. The summed E-state index contributed by atoms with van der Waals surface area (Å²) < 4.78 is 10.7. The Kier molecular flexibility index (Phi) is 4.15. The van der Waals surface area contributed by atoms with Gasteiger partial charge in [-0.2, -0.15) is 0 Å². The first-order valence-electron chi connectivity index (χ1n) is 6.20. The van der Waals surface area contributed by atoms with Crippen LogP contribution in [0.15, 0.2) is 43.0 Å². The molecule has 4 nitrogen and oxygen atoms in total. The van der Waals surface area contributed by atoms with Crippen LogP contribution < -0.4 is 20.5 Å². The highest BCUT2D eigenvalue weighted by atomic mass is 16.5. The lowest BCUT2D eigenvalue weighted by Crippen LogP contribution is -2.01. The van der Waals surface area contributed by atoms with Crippen LogP contribution in [0.1, 0.15) is 5.56 Å². The fraction of sp³-hybridized carbons (Fsp3) is 0.125. The maximum Gasteiger partial charge on any atom is 0.144 e. The van der Waals surface area contributed by atoms with Crippen molar-refractivity contribution in [1.29, 1.82) is 0 Å². The molecule has 2 aromatic rings. The van der Waals surface area contributed by atoms with E-state index >= 15 is 0 Å². The van der Waals surface area contributed by atoms with Gasteiger partial charge in [-0.05, 0) is 24.3 Å². The molecule has 20 heavy (non-hydrogen) atoms. The van der Waals surface area contributed by atoms with E-state index < -0.39 is 0 Å². The molecule has 0 aromatic heterocycles. The first-order valence-corrected chi connectivity index (χ1v) is 6.20. The predicted molar refractivity (Wildman–Crippen MR) is 83.8 cm³/mol. The van der Waals surface area contributed by atoms with Crippen LogP contribution in [0.2, 0.25) is 0 Å². The SMILES string of the molecule is C=Cc1c(Nc2c(N)cccc2OC)cccc1OC. The van der Waals surface area contributed by atoms with Gasteiger partial charge >= 0.3 is 0 Å². The lowest BCUT2D eigenvalue weighted by molar-refractivity contribution is 0.414. The van der Waals surface area contributed by atoms with E-state index in [1.165, 1.54) is 0 Å². The van der Waals surface area contributed by atoms with E-state index in [0.717, 1.165) is 22.7 Å². The Morgan fingerprint density at radius 1 is 1.05 bits per heavy atom. The molecule has 0 atom stereocenters. The Bertz CT molecular complexity index is 624. The third-order valence-corrected chi connectivity index (χ3v) is 3.03. The molecule has 0 unspecified atom stereocenters. The van der Waals surface area contributed by atoms with Gasteiger partial charge < -0.3 is 20.5 Å². The van der Waals surface area contributed by atoms with Gasteiger partial charge in [0.15, 0.2) is 0 Å². The molecule has 0 fully saturated rings. The number of methoxy groups -OCH3 is 2. The van der Waals surface area contributed by atoms with Crippen LogP contribution in [0.5, 0.6) is 11.5 Å². The summed E-state index contributed by atoms with van der Waals surface area (Å²) in [7, 11) is 3.24. The van der Waals surface area contributed by atoms with Crippen molar-refractivity contribution in [1.82, 2.24) is 0 Å². The zero-order valence-electron chi connectivity index (χ0n) is 11.6. The monoisotopic (exact) mass is 270 g/mol.